The van der Waals surface area contributed by atoms with Gasteiger partial charge in [-0.15, -0.1) is 0 Å². The summed E-state index contributed by atoms with van der Waals surface area (Å²) in [6.07, 6.45) is 8.30. The minimum Gasteiger partial charge on any atom is -0.480 e. The number of carboxylic acids is 1. The number of carbonyl (C=O) groups is 2. The molecule has 1 amide bonds. The van der Waals surface area contributed by atoms with Crippen molar-refractivity contribution >= 4 is 11.9 Å². The van der Waals surface area contributed by atoms with Crippen molar-refractivity contribution in [1.29, 1.82) is 0 Å². The molecular weight excluding hydrogens is 394 g/mol. The molecule has 1 saturated heterocycles. The van der Waals surface area contributed by atoms with E-state index < -0.39 is 17.9 Å². The lowest BCUT2D eigenvalue weighted by atomic mass is 9.95. The summed E-state index contributed by atoms with van der Waals surface area (Å²) in [4.78, 5) is 40.5. The number of pyridine rings is 1. The molecule has 31 heavy (non-hydrogen) atoms. The van der Waals surface area contributed by atoms with Gasteiger partial charge in [0, 0.05) is 18.3 Å². The predicted octanol–water partition coefficient (Wildman–Crippen LogP) is 2.83. The monoisotopic (exact) mass is 431 g/mol. The largest absolute Gasteiger partial charge is 0.480 e. The van der Waals surface area contributed by atoms with Gasteiger partial charge in [0.15, 0.2) is 0 Å². The van der Waals surface area contributed by atoms with E-state index in [4.69, 9.17) is 0 Å². The van der Waals surface area contributed by atoms with Crippen molar-refractivity contribution in [3.8, 4) is 0 Å². The maximum atomic E-state index is 13.5. The van der Waals surface area contributed by atoms with Crippen LogP contribution in [0.3, 0.4) is 0 Å². The van der Waals surface area contributed by atoms with Gasteiger partial charge >= 0.3 is 5.97 Å². The fourth-order valence-corrected chi connectivity index (χ4v) is 5.05. The highest BCUT2D eigenvalue weighted by atomic mass is 16.4. The van der Waals surface area contributed by atoms with Crippen LogP contribution in [0.25, 0.3) is 0 Å². The Labute approximate surface area is 184 Å². The number of fused-ring (bicyclic) bond motifs is 1. The van der Waals surface area contributed by atoms with E-state index in [1.165, 1.54) is 0 Å². The van der Waals surface area contributed by atoms with Crippen LogP contribution in [0.1, 0.15) is 80.9 Å². The first-order valence-electron chi connectivity index (χ1n) is 11.9. The summed E-state index contributed by atoms with van der Waals surface area (Å²) in [7, 11) is 0. The van der Waals surface area contributed by atoms with Gasteiger partial charge < -0.3 is 15.0 Å². The number of nitrogens with one attached hydrogen (secondary N) is 1. The lowest BCUT2D eigenvalue weighted by Gasteiger charge is -2.27. The first-order valence-corrected chi connectivity index (χ1v) is 11.9. The van der Waals surface area contributed by atoms with Crippen molar-refractivity contribution in [2.45, 2.75) is 90.8 Å². The number of carboxylic acid groups (broad SMARTS) is 1. The van der Waals surface area contributed by atoms with E-state index in [0.29, 0.717) is 12.6 Å². The number of hydrogen-bond donors (Lipinski definition) is 2. The Kier molecular flexibility index (Phi) is 7.92. The third-order valence-electron chi connectivity index (χ3n) is 6.86. The van der Waals surface area contributed by atoms with Crippen molar-refractivity contribution in [2.75, 3.05) is 13.1 Å². The average Bonchev–Trinajstić information content (AvgIpc) is 3.15. The molecule has 2 atom stereocenters. The number of rotatable bonds is 7. The van der Waals surface area contributed by atoms with E-state index >= 15 is 0 Å². The van der Waals surface area contributed by atoms with E-state index in [9.17, 15) is 19.5 Å². The first kappa shape index (κ1) is 23.5. The number of likely N-dealkylation sites (tertiary alicyclic amines) is 1. The highest BCUT2D eigenvalue weighted by molar-refractivity contribution is 5.96. The van der Waals surface area contributed by atoms with Crippen LogP contribution in [-0.2, 0) is 24.2 Å². The van der Waals surface area contributed by atoms with Gasteiger partial charge in [0.05, 0.1) is 0 Å². The Balaban J connectivity index is 2.01. The molecule has 1 aliphatic heterocycles. The van der Waals surface area contributed by atoms with Gasteiger partial charge in [0.1, 0.15) is 11.6 Å². The lowest BCUT2D eigenvalue weighted by Crippen LogP contribution is -2.47. The number of amides is 1. The van der Waals surface area contributed by atoms with Crippen LogP contribution in [0.15, 0.2) is 10.9 Å². The lowest BCUT2D eigenvalue weighted by molar-refractivity contribution is -0.140. The molecule has 1 aromatic rings. The molecule has 0 bridgehead atoms. The molecule has 3 rings (SSSR count). The van der Waals surface area contributed by atoms with Crippen molar-refractivity contribution in [2.24, 2.45) is 5.92 Å². The number of hydrogen-bond acceptors (Lipinski definition) is 4. The highest BCUT2D eigenvalue weighted by Gasteiger charge is 2.29. The second-order valence-corrected chi connectivity index (χ2v) is 9.32. The summed E-state index contributed by atoms with van der Waals surface area (Å²) >= 11 is 0. The van der Waals surface area contributed by atoms with Crippen molar-refractivity contribution in [1.82, 2.24) is 14.8 Å². The van der Waals surface area contributed by atoms with Gasteiger partial charge in [-0.25, -0.2) is 4.79 Å². The zero-order valence-corrected chi connectivity index (χ0v) is 19.2. The summed E-state index contributed by atoms with van der Waals surface area (Å²) < 4.78 is 1.85. The second-order valence-electron chi connectivity index (χ2n) is 9.32. The van der Waals surface area contributed by atoms with E-state index in [-0.39, 0.29) is 17.0 Å². The van der Waals surface area contributed by atoms with Gasteiger partial charge in [0.2, 0.25) is 0 Å². The molecule has 2 N–H and O–H groups in total. The standard InChI is InChI=1S/C24H37N3O4/c1-4-26-13-9-11-18(26)15-27-20-12-8-6-5-7-10-17(20)14-19(23(27)29)22(28)25-21(16(2)3)24(30)31/h14,16,18,21H,4-13,15H2,1-3H3,(H,25,28)(H,30,31)/t18?,21-/m1/s1. The van der Waals surface area contributed by atoms with Crippen molar-refractivity contribution in [3.05, 3.63) is 33.2 Å². The Morgan fingerprint density at radius 1 is 1.16 bits per heavy atom. The van der Waals surface area contributed by atoms with Gasteiger partial charge in [-0.2, -0.15) is 0 Å². The maximum Gasteiger partial charge on any atom is 0.326 e. The first-order chi connectivity index (χ1) is 14.8. The summed E-state index contributed by atoms with van der Waals surface area (Å²) in [6, 6.07) is 1.02. The molecule has 0 radical (unpaired) electrons. The number of aryl methyl sites for hydroxylation is 1. The molecule has 1 unspecified atom stereocenters. The van der Waals surface area contributed by atoms with Crippen LogP contribution in [0, 0.1) is 5.92 Å². The van der Waals surface area contributed by atoms with Crippen LogP contribution in [0.2, 0.25) is 0 Å². The molecule has 1 aliphatic carbocycles. The normalized spacial score (nSPS) is 20.7. The zero-order valence-electron chi connectivity index (χ0n) is 19.2. The van der Waals surface area contributed by atoms with Crippen molar-refractivity contribution in [3.63, 3.8) is 0 Å². The SMILES string of the molecule is CCN1CCCC1Cn1c2c(cc(C(=O)N[C@@H](C(=O)O)C(C)C)c1=O)CCCCCC2. The molecule has 1 aromatic heterocycles. The Hall–Kier alpha value is -2.15. The van der Waals surface area contributed by atoms with Crippen LogP contribution in [0.5, 0.6) is 0 Å². The van der Waals surface area contributed by atoms with Crippen LogP contribution < -0.4 is 10.9 Å². The number of likely N-dealkylation sites (N-methyl/N-ethyl adjacent to an activating group) is 1. The highest BCUT2D eigenvalue weighted by Crippen LogP contribution is 2.23. The van der Waals surface area contributed by atoms with Crippen LogP contribution in [0.4, 0.5) is 0 Å². The Morgan fingerprint density at radius 2 is 1.87 bits per heavy atom. The third kappa shape index (κ3) is 5.37. The quantitative estimate of drug-likeness (QED) is 0.693. The molecule has 2 aliphatic rings. The van der Waals surface area contributed by atoms with Crippen LogP contribution in [-0.4, -0.2) is 51.6 Å². The van der Waals surface area contributed by atoms with Gasteiger partial charge in [-0.05, 0) is 69.2 Å². The fraction of sp³-hybridized carbons (Fsp3) is 0.708. The molecular formula is C24H37N3O4. The van der Waals surface area contributed by atoms with Gasteiger partial charge in [-0.3, -0.25) is 14.5 Å². The van der Waals surface area contributed by atoms with Crippen LogP contribution >= 0.6 is 0 Å². The van der Waals surface area contributed by atoms with E-state index in [1.807, 2.05) is 4.57 Å². The zero-order chi connectivity index (χ0) is 22.5. The van der Waals surface area contributed by atoms with E-state index in [0.717, 1.165) is 75.7 Å². The summed E-state index contributed by atoms with van der Waals surface area (Å²) in [5, 5.41) is 12.1. The Bertz CT molecular complexity index is 861. The summed E-state index contributed by atoms with van der Waals surface area (Å²) in [5.41, 5.74) is 1.93. The number of aliphatic carboxylic acids is 1. The predicted molar refractivity (Wildman–Crippen MR) is 121 cm³/mol. The minimum atomic E-state index is -1.08. The summed E-state index contributed by atoms with van der Waals surface area (Å²) in [5.74, 6) is -1.94. The Morgan fingerprint density at radius 3 is 2.52 bits per heavy atom. The van der Waals surface area contributed by atoms with Gasteiger partial charge in [0.25, 0.3) is 11.5 Å². The molecule has 1 fully saturated rings. The number of carbonyl (C=O) groups excluding carboxylic acids is 1. The van der Waals surface area contributed by atoms with E-state index in [2.05, 4.69) is 17.1 Å². The smallest absolute Gasteiger partial charge is 0.326 e. The third-order valence-corrected chi connectivity index (χ3v) is 6.86. The average molecular weight is 432 g/mol. The topological polar surface area (TPSA) is 91.6 Å². The second kappa shape index (κ2) is 10.4. The molecule has 172 valence electrons. The van der Waals surface area contributed by atoms with E-state index in [1.54, 1.807) is 19.9 Å². The van der Waals surface area contributed by atoms with Crippen molar-refractivity contribution < 1.29 is 14.7 Å². The minimum absolute atomic E-state index is 0.0762. The molecule has 0 spiro atoms. The van der Waals surface area contributed by atoms with Gasteiger partial charge in [-0.1, -0.05) is 33.6 Å². The maximum absolute atomic E-state index is 13.5. The molecule has 2 heterocycles. The number of aromatic nitrogens is 1. The molecule has 0 aromatic carbocycles. The number of nitrogens with zero attached hydrogens (tertiary/aromatic N) is 2. The molecule has 7 heteroatoms. The fourth-order valence-electron chi connectivity index (χ4n) is 5.05. The molecule has 0 saturated carbocycles. The summed E-state index contributed by atoms with van der Waals surface area (Å²) in [6.45, 7) is 8.24. The molecule has 7 nitrogen and oxygen atoms in total.